The number of hydrogen-bond donors (Lipinski definition) is 1. The number of carbonyl (C=O) groups excluding carboxylic acids is 1. The molecule has 10 nitrogen and oxygen atoms in total. The minimum atomic E-state index is -4.47. The maximum Gasteiger partial charge on any atom is 0.318 e. The number of aromatic amines is 1. The van der Waals surface area contributed by atoms with Crippen LogP contribution in [0.3, 0.4) is 0 Å². The first-order chi connectivity index (χ1) is 14.3. The van der Waals surface area contributed by atoms with E-state index < -0.39 is 10.4 Å². The maximum absolute atomic E-state index is 11.4. The van der Waals surface area contributed by atoms with Gasteiger partial charge in [0.1, 0.15) is 25.4 Å². The van der Waals surface area contributed by atoms with Crippen LogP contribution < -0.4 is 4.57 Å². The molecular formula is C19H36N2O8S. The molecule has 0 aliphatic carbocycles. The first-order valence-electron chi connectivity index (χ1n) is 10.1. The number of hydrogen-bond acceptors (Lipinski definition) is 8. The highest BCUT2D eigenvalue weighted by atomic mass is 32.3. The summed E-state index contributed by atoms with van der Waals surface area (Å²) in [7, 11) is -0.993. The Morgan fingerprint density at radius 3 is 2.33 bits per heavy atom. The van der Waals surface area contributed by atoms with Gasteiger partial charge in [0, 0.05) is 7.11 Å². The summed E-state index contributed by atoms with van der Waals surface area (Å²) < 4.78 is 50.9. The summed E-state index contributed by atoms with van der Waals surface area (Å²) in [6.07, 6.45) is 10.1. The van der Waals surface area contributed by atoms with Gasteiger partial charge in [0.2, 0.25) is 10.4 Å². The molecule has 176 valence electrons. The van der Waals surface area contributed by atoms with E-state index in [4.69, 9.17) is 14.2 Å². The smallest absolute Gasteiger partial charge is 0.318 e. The summed E-state index contributed by atoms with van der Waals surface area (Å²) in [6, 6.07) is 0. The highest BCUT2D eigenvalue weighted by molar-refractivity contribution is 7.80. The van der Waals surface area contributed by atoms with Crippen molar-refractivity contribution in [2.45, 2.75) is 51.9 Å². The number of imidazole rings is 1. The fourth-order valence-corrected chi connectivity index (χ4v) is 2.62. The van der Waals surface area contributed by atoms with Crippen molar-refractivity contribution in [3.8, 4) is 0 Å². The number of aryl methyl sites for hydroxylation is 1. The Bertz CT molecular complexity index is 649. The van der Waals surface area contributed by atoms with E-state index in [0.717, 1.165) is 18.7 Å². The third-order valence-corrected chi connectivity index (χ3v) is 4.39. The van der Waals surface area contributed by atoms with Crippen LogP contribution in [-0.2, 0) is 47.1 Å². The Hall–Kier alpha value is -1.53. The summed E-state index contributed by atoms with van der Waals surface area (Å²) in [4.78, 5) is 14.4. The number of nitrogens with one attached hydrogen (secondary N) is 1. The number of rotatable bonds is 16. The van der Waals surface area contributed by atoms with E-state index in [1.54, 1.807) is 13.3 Å². The third kappa shape index (κ3) is 18.5. The normalized spacial score (nSPS) is 11.1. The van der Waals surface area contributed by atoms with Crippen molar-refractivity contribution in [2.24, 2.45) is 7.05 Å². The lowest BCUT2D eigenvalue weighted by Crippen LogP contribution is -2.32. The molecule has 0 fully saturated rings. The highest BCUT2D eigenvalue weighted by Gasteiger charge is 2.13. The summed E-state index contributed by atoms with van der Waals surface area (Å²) >= 11 is 0. The van der Waals surface area contributed by atoms with Gasteiger partial charge in [-0.2, -0.15) is 0 Å². The predicted molar refractivity (Wildman–Crippen MR) is 108 cm³/mol. The monoisotopic (exact) mass is 452 g/mol. The van der Waals surface area contributed by atoms with E-state index >= 15 is 0 Å². The molecule has 30 heavy (non-hydrogen) atoms. The van der Waals surface area contributed by atoms with Crippen LogP contribution in [0.25, 0.3) is 0 Å². The van der Waals surface area contributed by atoms with Crippen LogP contribution in [0.2, 0.25) is 0 Å². The molecule has 1 aromatic rings. The van der Waals surface area contributed by atoms with Crippen LogP contribution in [0, 0.1) is 0 Å². The molecule has 1 heterocycles. The molecule has 0 aliphatic heterocycles. The number of carbonyl (C=O) groups is 1. The molecule has 0 spiro atoms. The van der Waals surface area contributed by atoms with E-state index in [2.05, 4.69) is 16.1 Å². The van der Waals surface area contributed by atoms with Crippen LogP contribution in [-0.4, -0.2) is 64.1 Å². The van der Waals surface area contributed by atoms with E-state index in [1.807, 2.05) is 17.8 Å². The van der Waals surface area contributed by atoms with E-state index in [0.29, 0.717) is 26.2 Å². The van der Waals surface area contributed by atoms with Crippen LogP contribution in [0.4, 0.5) is 0 Å². The molecule has 0 radical (unpaired) electrons. The zero-order chi connectivity index (χ0) is 22.7. The van der Waals surface area contributed by atoms with Crippen LogP contribution >= 0.6 is 0 Å². The first-order valence-corrected chi connectivity index (χ1v) is 11.5. The van der Waals surface area contributed by atoms with Gasteiger partial charge < -0.3 is 18.8 Å². The molecule has 0 amide bonds. The van der Waals surface area contributed by atoms with Crippen molar-refractivity contribution in [1.82, 2.24) is 4.98 Å². The second-order valence-corrected chi connectivity index (χ2v) is 7.57. The number of nitrogens with zero attached hydrogens (tertiary/aromatic N) is 1. The third-order valence-electron chi connectivity index (χ3n) is 3.93. The standard InChI is InChI=1S/C11H18N2O4.C8H18O4S/c1-13-4-3-12-10(13)9-11(14)17-8-7-16-6-5-15-2;1-2-3-4-5-6-7-8-12-13(9,10)11/h3-4H,5-9H2,1-2H3;2-8H2,1H3,(H,9,10,11). The molecule has 0 bridgehead atoms. The molecule has 0 unspecified atom stereocenters. The van der Waals surface area contributed by atoms with E-state index in [1.165, 1.54) is 19.3 Å². The minimum Gasteiger partial charge on any atom is -0.726 e. The van der Waals surface area contributed by atoms with Crippen molar-refractivity contribution >= 4 is 16.4 Å². The van der Waals surface area contributed by atoms with Gasteiger partial charge in [-0.1, -0.05) is 39.0 Å². The summed E-state index contributed by atoms with van der Waals surface area (Å²) in [5.74, 6) is 0.550. The van der Waals surface area contributed by atoms with Crippen LogP contribution in [0.1, 0.15) is 51.3 Å². The van der Waals surface area contributed by atoms with Gasteiger partial charge in [0.05, 0.1) is 33.5 Å². The van der Waals surface area contributed by atoms with Gasteiger partial charge in [0.25, 0.3) is 5.82 Å². The number of aromatic nitrogens is 2. The molecule has 0 atom stereocenters. The lowest BCUT2D eigenvalue weighted by atomic mass is 10.1. The molecule has 11 heteroatoms. The SMILES string of the molecule is CCCCCCCCOS(=O)(=O)[O-].COCCOCCOC(=O)Cc1[nH]cc[n+]1C. The van der Waals surface area contributed by atoms with Gasteiger partial charge in [-0.15, -0.1) is 0 Å². The van der Waals surface area contributed by atoms with Crippen molar-refractivity contribution in [3.05, 3.63) is 18.2 Å². The number of unbranched alkanes of at least 4 members (excludes halogenated alkanes) is 5. The highest BCUT2D eigenvalue weighted by Crippen LogP contribution is 2.05. The van der Waals surface area contributed by atoms with E-state index in [9.17, 15) is 17.8 Å². The van der Waals surface area contributed by atoms with Crippen molar-refractivity contribution in [1.29, 1.82) is 0 Å². The second kappa shape index (κ2) is 18.3. The summed E-state index contributed by atoms with van der Waals surface area (Å²) in [6.45, 7) is 3.88. The number of H-pyrrole nitrogens is 1. The summed E-state index contributed by atoms with van der Waals surface area (Å²) in [5.41, 5.74) is 0. The zero-order valence-electron chi connectivity index (χ0n) is 18.3. The Balaban J connectivity index is 0.000000584. The van der Waals surface area contributed by atoms with E-state index in [-0.39, 0.29) is 25.6 Å². The molecule has 0 aromatic carbocycles. The Morgan fingerprint density at radius 2 is 1.73 bits per heavy atom. The topological polar surface area (TPSA) is 131 Å². The molecule has 1 N–H and O–H groups in total. The van der Waals surface area contributed by atoms with Crippen LogP contribution in [0.5, 0.6) is 0 Å². The lowest BCUT2D eigenvalue weighted by Gasteiger charge is -2.06. The number of esters is 1. The zero-order valence-corrected chi connectivity index (χ0v) is 19.1. The molecule has 0 saturated heterocycles. The Morgan fingerprint density at radius 1 is 1.07 bits per heavy atom. The quantitative estimate of drug-likeness (QED) is 0.131. The minimum absolute atomic E-state index is 0.0258. The average Bonchev–Trinajstić information content (AvgIpc) is 3.08. The first kappa shape index (κ1) is 28.5. The largest absolute Gasteiger partial charge is 0.726 e. The fourth-order valence-electron chi connectivity index (χ4n) is 2.30. The van der Waals surface area contributed by atoms with Crippen molar-refractivity contribution < 1.29 is 40.7 Å². The van der Waals surface area contributed by atoms with Gasteiger partial charge in [-0.25, -0.2) is 18.0 Å². The number of methoxy groups -OCH3 is 1. The molecule has 0 aliphatic rings. The van der Waals surface area contributed by atoms with Gasteiger partial charge >= 0.3 is 5.97 Å². The van der Waals surface area contributed by atoms with Crippen LogP contribution in [0.15, 0.2) is 12.4 Å². The average molecular weight is 453 g/mol. The summed E-state index contributed by atoms with van der Waals surface area (Å²) in [5, 5.41) is 0. The maximum atomic E-state index is 11.4. The molecular weight excluding hydrogens is 416 g/mol. The van der Waals surface area contributed by atoms with Crippen molar-refractivity contribution in [2.75, 3.05) is 40.1 Å². The van der Waals surface area contributed by atoms with Crippen molar-refractivity contribution in [3.63, 3.8) is 0 Å². The van der Waals surface area contributed by atoms with Gasteiger partial charge in [0.15, 0.2) is 0 Å². The van der Waals surface area contributed by atoms with Gasteiger partial charge in [-0.3, -0.25) is 8.98 Å². The lowest BCUT2D eigenvalue weighted by molar-refractivity contribution is -0.677. The molecule has 1 aromatic heterocycles. The second-order valence-electron chi connectivity index (χ2n) is 6.52. The Labute approximate surface area is 179 Å². The fraction of sp³-hybridized carbons (Fsp3) is 0.789. The Kier molecular flexibility index (Phi) is 17.3. The predicted octanol–water partition coefficient (Wildman–Crippen LogP) is 1.41. The molecule has 0 saturated carbocycles. The molecule has 1 rings (SSSR count). The number of ether oxygens (including phenoxy) is 3. The van der Waals surface area contributed by atoms with Gasteiger partial charge in [-0.05, 0) is 6.42 Å².